The fourth-order valence-corrected chi connectivity index (χ4v) is 4.39. The quantitative estimate of drug-likeness (QED) is 0.929. The van der Waals surface area contributed by atoms with Crippen LogP contribution in [-0.2, 0) is 4.79 Å². The van der Waals surface area contributed by atoms with Gasteiger partial charge >= 0.3 is 0 Å². The third kappa shape index (κ3) is 3.46. The normalized spacial score (nSPS) is 28.8. The molecule has 2 aliphatic heterocycles. The topological polar surface area (TPSA) is 32.3 Å². The number of carbonyl (C=O) groups is 1. The molecule has 1 amide bonds. The highest BCUT2D eigenvalue weighted by Crippen LogP contribution is 2.37. The fourth-order valence-electron chi connectivity index (χ4n) is 3.44. The maximum absolute atomic E-state index is 14.1. The monoisotopic (exact) mass is 322 g/mol. The van der Waals surface area contributed by atoms with Gasteiger partial charge in [-0.3, -0.25) is 4.79 Å². The van der Waals surface area contributed by atoms with Crippen molar-refractivity contribution in [2.45, 2.75) is 31.8 Å². The summed E-state index contributed by atoms with van der Waals surface area (Å²) in [5, 5.41) is 3.41. The van der Waals surface area contributed by atoms with E-state index >= 15 is 0 Å². The molecule has 0 radical (unpaired) electrons. The molecule has 3 nitrogen and oxygen atoms in total. The van der Waals surface area contributed by atoms with Crippen LogP contribution < -0.4 is 5.32 Å². The molecule has 1 N–H and O–H groups in total. The summed E-state index contributed by atoms with van der Waals surface area (Å²) >= 11 is 1.89. The Morgan fingerprint density at radius 2 is 2.27 bits per heavy atom. The molecular weight excluding hydrogens is 299 g/mol. The molecule has 1 aromatic rings. The van der Waals surface area contributed by atoms with Gasteiger partial charge in [0.25, 0.3) is 0 Å². The summed E-state index contributed by atoms with van der Waals surface area (Å²) in [5.74, 6) is 2.47. The van der Waals surface area contributed by atoms with Gasteiger partial charge in [0, 0.05) is 42.6 Å². The molecule has 120 valence electrons. The Morgan fingerprint density at radius 3 is 3.00 bits per heavy atom. The SMILES string of the molecule is CC1CC(c2ccccc2F)N(C(=O)CC2CSCCN2)C1. The molecule has 0 bridgehead atoms. The standard InChI is InChI=1S/C17H23FN2OS/c1-12-8-16(14-4-2-3-5-15(14)18)20(10-12)17(21)9-13-11-22-7-6-19-13/h2-5,12-13,16,19H,6-11H2,1H3. The van der Waals surface area contributed by atoms with E-state index in [9.17, 15) is 9.18 Å². The first-order chi connectivity index (χ1) is 10.6. The molecular formula is C17H23FN2OS. The minimum absolute atomic E-state index is 0.111. The second-order valence-electron chi connectivity index (χ2n) is 6.35. The molecule has 2 aliphatic rings. The van der Waals surface area contributed by atoms with Crippen molar-refractivity contribution in [1.29, 1.82) is 0 Å². The Balaban J connectivity index is 1.72. The number of likely N-dealkylation sites (tertiary alicyclic amines) is 1. The molecule has 1 aromatic carbocycles. The number of hydrogen-bond acceptors (Lipinski definition) is 3. The van der Waals surface area contributed by atoms with Crippen molar-refractivity contribution in [3.63, 3.8) is 0 Å². The Hall–Kier alpha value is -1.07. The molecule has 22 heavy (non-hydrogen) atoms. The van der Waals surface area contributed by atoms with Crippen molar-refractivity contribution in [2.24, 2.45) is 5.92 Å². The van der Waals surface area contributed by atoms with Crippen molar-refractivity contribution in [2.75, 3.05) is 24.6 Å². The van der Waals surface area contributed by atoms with Crippen LogP contribution in [0.4, 0.5) is 4.39 Å². The maximum Gasteiger partial charge on any atom is 0.224 e. The smallest absolute Gasteiger partial charge is 0.224 e. The zero-order valence-electron chi connectivity index (χ0n) is 12.9. The minimum atomic E-state index is -0.203. The molecule has 3 atom stereocenters. The van der Waals surface area contributed by atoms with Crippen molar-refractivity contribution in [1.82, 2.24) is 10.2 Å². The van der Waals surface area contributed by atoms with Crippen LogP contribution in [0.25, 0.3) is 0 Å². The predicted octanol–water partition coefficient (Wildman–Crippen LogP) is 2.83. The average Bonchev–Trinajstić information content (AvgIpc) is 2.90. The molecule has 2 heterocycles. The Kier molecular flexibility index (Phi) is 5.03. The lowest BCUT2D eigenvalue weighted by Gasteiger charge is -2.29. The van der Waals surface area contributed by atoms with E-state index in [1.54, 1.807) is 6.07 Å². The number of rotatable bonds is 3. The first-order valence-electron chi connectivity index (χ1n) is 8.00. The van der Waals surface area contributed by atoms with Crippen LogP contribution in [0.15, 0.2) is 24.3 Å². The molecule has 0 saturated carbocycles. The summed E-state index contributed by atoms with van der Waals surface area (Å²) in [5.41, 5.74) is 0.658. The van der Waals surface area contributed by atoms with E-state index < -0.39 is 0 Å². The van der Waals surface area contributed by atoms with Crippen molar-refractivity contribution < 1.29 is 9.18 Å². The number of benzene rings is 1. The number of nitrogens with one attached hydrogen (secondary N) is 1. The van der Waals surface area contributed by atoms with E-state index in [2.05, 4.69) is 12.2 Å². The van der Waals surface area contributed by atoms with Crippen molar-refractivity contribution >= 4 is 17.7 Å². The van der Waals surface area contributed by atoms with Gasteiger partial charge in [-0.15, -0.1) is 0 Å². The highest BCUT2D eigenvalue weighted by atomic mass is 32.2. The molecule has 2 saturated heterocycles. The van der Waals surface area contributed by atoms with Crippen LogP contribution in [0.2, 0.25) is 0 Å². The van der Waals surface area contributed by atoms with Crippen LogP contribution in [0.3, 0.4) is 0 Å². The van der Waals surface area contributed by atoms with Crippen LogP contribution in [0, 0.1) is 11.7 Å². The number of nitrogens with zero attached hydrogens (tertiary/aromatic N) is 1. The second-order valence-corrected chi connectivity index (χ2v) is 7.50. The molecule has 2 fully saturated rings. The maximum atomic E-state index is 14.1. The zero-order chi connectivity index (χ0) is 15.5. The average molecular weight is 322 g/mol. The first-order valence-corrected chi connectivity index (χ1v) is 9.15. The second kappa shape index (κ2) is 7.01. The molecule has 5 heteroatoms. The van der Waals surface area contributed by atoms with Gasteiger partial charge in [0.2, 0.25) is 5.91 Å². The first kappa shape index (κ1) is 15.8. The molecule has 3 rings (SSSR count). The zero-order valence-corrected chi connectivity index (χ0v) is 13.7. The lowest BCUT2D eigenvalue weighted by molar-refractivity contribution is -0.132. The Bertz CT molecular complexity index is 533. The summed E-state index contributed by atoms with van der Waals surface area (Å²) in [7, 11) is 0. The van der Waals surface area contributed by atoms with Crippen LogP contribution in [0.1, 0.15) is 31.4 Å². The van der Waals surface area contributed by atoms with Gasteiger partial charge in [0.05, 0.1) is 6.04 Å². The van der Waals surface area contributed by atoms with Gasteiger partial charge < -0.3 is 10.2 Å². The van der Waals surface area contributed by atoms with E-state index in [1.807, 2.05) is 28.8 Å². The van der Waals surface area contributed by atoms with Gasteiger partial charge in [-0.1, -0.05) is 25.1 Å². The highest BCUT2D eigenvalue weighted by molar-refractivity contribution is 7.99. The van der Waals surface area contributed by atoms with E-state index in [4.69, 9.17) is 0 Å². The minimum Gasteiger partial charge on any atom is -0.335 e. The van der Waals surface area contributed by atoms with Gasteiger partial charge in [0.15, 0.2) is 0 Å². The Labute approximate surface area is 135 Å². The van der Waals surface area contributed by atoms with Gasteiger partial charge in [-0.25, -0.2) is 4.39 Å². The lowest BCUT2D eigenvalue weighted by Crippen LogP contribution is -2.42. The van der Waals surface area contributed by atoms with Gasteiger partial charge in [-0.2, -0.15) is 11.8 Å². The van der Waals surface area contributed by atoms with Crippen LogP contribution in [-0.4, -0.2) is 41.4 Å². The third-order valence-electron chi connectivity index (χ3n) is 4.51. The van der Waals surface area contributed by atoms with Crippen LogP contribution >= 0.6 is 11.8 Å². The fraction of sp³-hybridized carbons (Fsp3) is 0.588. The summed E-state index contributed by atoms with van der Waals surface area (Å²) in [4.78, 5) is 14.6. The van der Waals surface area contributed by atoms with Crippen molar-refractivity contribution in [3.05, 3.63) is 35.6 Å². The largest absolute Gasteiger partial charge is 0.335 e. The predicted molar refractivity (Wildman–Crippen MR) is 88.4 cm³/mol. The summed E-state index contributed by atoms with van der Waals surface area (Å²) in [6.07, 6.45) is 1.37. The summed E-state index contributed by atoms with van der Waals surface area (Å²) < 4.78 is 14.1. The van der Waals surface area contributed by atoms with Crippen LogP contribution in [0.5, 0.6) is 0 Å². The number of thioether (sulfide) groups is 1. The number of carbonyl (C=O) groups excluding carboxylic acids is 1. The summed E-state index contributed by atoms with van der Waals surface area (Å²) in [6.45, 7) is 3.84. The van der Waals surface area contributed by atoms with E-state index in [-0.39, 0.29) is 23.8 Å². The van der Waals surface area contributed by atoms with Gasteiger partial charge in [-0.05, 0) is 18.4 Å². The van der Waals surface area contributed by atoms with E-state index in [1.165, 1.54) is 6.07 Å². The number of hydrogen-bond donors (Lipinski definition) is 1. The number of amides is 1. The lowest BCUT2D eigenvalue weighted by atomic mass is 10.0. The number of halogens is 1. The van der Waals surface area contributed by atoms with E-state index in [0.29, 0.717) is 17.9 Å². The Morgan fingerprint density at radius 1 is 1.45 bits per heavy atom. The van der Waals surface area contributed by atoms with E-state index in [0.717, 1.165) is 31.0 Å². The van der Waals surface area contributed by atoms with Crippen molar-refractivity contribution in [3.8, 4) is 0 Å². The van der Waals surface area contributed by atoms with Gasteiger partial charge in [0.1, 0.15) is 5.82 Å². The highest BCUT2D eigenvalue weighted by Gasteiger charge is 2.36. The summed E-state index contributed by atoms with van der Waals surface area (Å²) in [6, 6.07) is 6.99. The third-order valence-corrected chi connectivity index (χ3v) is 5.65. The molecule has 3 unspecified atom stereocenters. The molecule has 0 spiro atoms. The molecule has 0 aromatic heterocycles. The molecule has 0 aliphatic carbocycles.